The van der Waals surface area contributed by atoms with Crippen molar-refractivity contribution in [3.63, 3.8) is 0 Å². The first-order valence-electron chi connectivity index (χ1n) is 6.32. The second-order valence-corrected chi connectivity index (χ2v) is 5.20. The molecule has 4 nitrogen and oxygen atoms in total. The van der Waals surface area contributed by atoms with Crippen LogP contribution in [0.2, 0.25) is 0 Å². The number of nitrogens with one attached hydrogen (secondary N) is 1. The zero-order valence-corrected chi connectivity index (χ0v) is 12.1. The van der Waals surface area contributed by atoms with Crippen LogP contribution in [-0.2, 0) is 11.2 Å². The van der Waals surface area contributed by atoms with Crippen molar-refractivity contribution in [3.05, 3.63) is 51.3 Å². The molecule has 2 rings (SSSR count). The average Bonchev–Trinajstić information content (AvgIpc) is 2.38. The molecule has 20 heavy (non-hydrogen) atoms. The summed E-state index contributed by atoms with van der Waals surface area (Å²) >= 11 is 5.31. The molecule has 1 heterocycles. The first-order chi connectivity index (χ1) is 9.47. The number of carbonyl (C=O) groups excluding carboxylic acids is 1. The van der Waals surface area contributed by atoms with Gasteiger partial charge in [-0.25, -0.2) is 5.10 Å². The van der Waals surface area contributed by atoms with E-state index in [2.05, 4.69) is 16.3 Å². The predicted octanol–water partition coefficient (Wildman–Crippen LogP) is 2.75. The van der Waals surface area contributed by atoms with Crippen LogP contribution in [0.25, 0.3) is 11.3 Å². The van der Waals surface area contributed by atoms with Crippen LogP contribution in [0.3, 0.4) is 0 Å². The van der Waals surface area contributed by atoms with E-state index < -0.39 is 5.24 Å². The highest BCUT2D eigenvalue weighted by Gasteiger charge is 2.09. The summed E-state index contributed by atoms with van der Waals surface area (Å²) in [5.74, 6) is 0. The summed E-state index contributed by atoms with van der Waals surface area (Å²) in [6.45, 7) is 4.02. The van der Waals surface area contributed by atoms with Gasteiger partial charge in [0.15, 0.2) is 0 Å². The van der Waals surface area contributed by atoms with Crippen LogP contribution in [0.15, 0.2) is 29.1 Å². The number of carbonyl (C=O) groups is 1. The van der Waals surface area contributed by atoms with Gasteiger partial charge in [-0.2, -0.15) is 5.10 Å². The van der Waals surface area contributed by atoms with Crippen molar-refractivity contribution in [2.24, 2.45) is 0 Å². The van der Waals surface area contributed by atoms with E-state index in [0.717, 1.165) is 11.1 Å². The SMILES string of the molecule is Cc1ccc(-c2cc(CCC(=O)Cl)c(=O)[nH]n2)c(C)c1. The maximum absolute atomic E-state index is 11.7. The molecule has 1 aromatic carbocycles. The summed E-state index contributed by atoms with van der Waals surface area (Å²) in [7, 11) is 0. The highest BCUT2D eigenvalue weighted by Crippen LogP contribution is 2.22. The van der Waals surface area contributed by atoms with Gasteiger partial charge in [-0.05, 0) is 43.5 Å². The fraction of sp³-hybridized carbons (Fsp3) is 0.267. The number of halogens is 1. The minimum absolute atomic E-state index is 0.140. The van der Waals surface area contributed by atoms with Crippen molar-refractivity contribution >= 4 is 16.8 Å². The summed E-state index contributed by atoms with van der Waals surface area (Å²) in [5, 5.41) is 6.09. The summed E-state index contributed by atoms with van der Waals surface area (Å²) in [6, 6.07) is 7.75. The number of aryl methyl sites for hydroxylation is 3. The molecule has 0 aliphatic rings. The van der Waals surface area contributed by atoms with E-state index in [1.54, 1.807) is 6.07 Å². The van der Waals surface area contributed by atoms with E-state index in [1.807, 2.05) is 26.0 Å². The van der Waals surface area contributed by atoms with E-state index in [9.17, 15) is 9.59 Å². The van der Waals surface area contributed by atoms with Crippen molar-refractivity contribution in [2.75, 3.05) is 0 Å². The summed E-state index contributed by atoms with van der Waals surface area (Å²) < 4.78 is 0. The number of aromatic amines is 1. The molecule has 5 heteroatoms. The normalized spacial score (nSPS) is 10.6. The average molecular weight is 291 g/mol. The largest absolute Gasteiger partial charge is 0.281 e. The molecule has 0 bridgehead atoms. The standard InChI is InChI=1S/C15H15ClN2O2/c1-9-3-5-12(10(2)7-9)13-8-11(4-6-14(16)19)15(20)18-17-13/h3,5,7-8H,4,6H2,1-2H3,(H,18,20). The first-order valence-corrected chi connectivity index (χ1v) is 6.69. The summed E-state index contributed by atoms with van der Waals surface area (Å²) in [6.07, 6.45) is 0.457. The Morgan fingerprint density at radius 1 is 1.30 bits per heavy atom. The van der Waals surface area contributed by atoms with Crippen LogP contribution in [-0.4, -0.2) is 15.4 Å². The van der Waals surface area contributed by atoms with Crippen molar-refractivity contribution in [3.8, 4) is 11.3 Å². The molecular weight excluding hydrogens is 276 g/mol. The summed E-state index contributed by atoms with van der Waals surface area (Å²) in [5.41, 5.74) is 4.15. The van der Waals surface area contributed by atoms with Crippen LogP contribution < -0.4 is 5.56 Å². The number of hydrogen-bond donors (Lipinski definition) is 1. The van der Waals surface area contributed by atoms with Gasteiger partial charge in [0.2, 0.25) is 5.24 Å². The molecule has 0 aliphatic heterocycles. The molecule has 0 atom stereocenters. The molecule has 1 aromatic heterocycles. The van der Waals surface area contributed by atoms with Crippen molar-refractivity contribution in [1.29, 1.82) is 0 Å². The van der Waals surface area contributed by atoms with E-state index >= 15 is 0 Å². The second-order valence-electron chi connectivity index (χ2n) is 4.78. The quantitative estimate of drug-likeness (QED) is 0.881. The van der Waals surface area contributed by atoms with Gasteiger partial charge in [-0.15, -0.1) is 0 Å². The lowest BCUT2D eigenvalue weighted by molar-refractivity contribution is -0.111. The lowest BCUT2D eigenvalue weighted by Crippen LogP contribution is -2.15. The van der Waals surface area contributed by atoms with E-state index in [0.29, 0.717) is 17.7 Å². The molecule has 104 valence electrons. The van der Waals surface area contributed by atoms with Crippen molar-refractivity contribution < 1.29 is 4.79 Å². The smallest absolute Gasteiger partial charge is 0.267 e. The van der Waals surface area contributed by atoms with Gasteiger partial charge >= 0.3 is 0 Å². The first kappa shape index (κ1) is 14.5. The number of aromatic nitrogens is 2. The Morgan fingerprint density at radius 3 is 2.70 bits per heavy atom. The third kappa shape index (κ3) is 3.33. The summed E-state index contributed by atoms with van der Waals surface area (Å²) in [4.78, 5) is 22.5. The Balaban J connectivity index is 2.40. The topological polar surface area (TPSA) is 62.8 Å². The zero-order valence-electron chi connectivity index (χ0n) is 11.4. The van der Waals surface area contributed by atoms with Crippen LogP contribution in [0.5, 0.6) is 0 Å². The van der Waals surface area contributed by atoms with Crippen LogP contribution in [0.1, 0.15) is 23.1 Å². The van der Waals surface area contributed by atoms with E-state index in [1.165, 1.54) is 5.56 Å². The molecule has 0 aliphatic carbocycles. The van der Waals surface area contributed by atoms with Crippen molar-refractivity contribution in [1.82, 2.24) is 10.2 Å². The van der Waals surface area contributed by atoms with Gasteiger partial charge in [0, 0.05) is 17.5 Å². The van der Waals surface area contributed by atoms with E-state index in [-0.39, 0.29) is 12.0 Å². The molecule has 0 unspecified atom stereocenters. The van der Waals surface area contributed by atoms with E-state index in [4.69, 9.17) is 11.6 Å². The monoisotopic (exact) mass is 290 g/mol. The second kappa shape index (κ2) is 6.01. The molecular formula is C15H15ClN2O2. The number of rotatable bonds is 4. The molecule has 2 aromatic rings. The van der Waals surface area contributed by atoms with Gasteiger partial charge in [0.25, 0.3) is 5.56 Å². The molecule has 0 saturated heterocycles. The Labute approximate surface area is 121 Å². The van der Waals surface area contributed by atoms with Gasteiger partial charge in [-0.1, -0.05) is 23.8 Å². The number of hydrogen-bond acceptors (Lipinski definition) is 3. The van der Waals surface area contributed by atoms with Gasteiger partial charge < -0.3 is 0 Å². The third-order valence-electron chi connectivity index (χ3n) is 3.13. The fourth-order valence-corrected chi connectivity index (χ4v) is 2.20. The molecule has 0 amide bonds. The van der Waals surface area contributed by atoms with Crippen LogP contribution in [0.4, 0.5) is 0 Å². The maximum atomic E-state index is 11.7. The predicted molar refractivity (Wildman–Crippen MR) is 78.9 cm³/mol. The maximum Gasteiger partial charge on any atom is 0.267 e. The molecule has 1 N–H and O–H groups in total. The number of H-pyrrole nitrogens is 1. The minimum atomic E-state index is -0.450. The van der Waals surface area contributed by atoms with Crippen LogP contribution in [0, 0.1) is 13.8 Å². The Bertz CT molecular complexity index is 707. The third-order valence-corrected chi connectivity index (χ3v) is 3.32. The molecule has 0 fully saturated rings. The van der Waals surface area contributed by atoms with Gasteiger partial charge in [0.1, 0.15) is 0 Å². The Hall–Kier alpha value is -1.94. The minimum Gasteiger partial charge on any atom is -0.281 e. The lowest BCUT2D eigenvalue weighted by atomic mass is 10.0. The zero-order chi connectivity index (χ0) is 14.7. The number of nitrogens with zero attached hydrogens (tertiary/aromatic N) is 1. The molecule has 0 spiro atoms. The lowest BCUT2D eigenvalue weighted by Gasteiger charge is -2.07. The number of benzene rings is 1. The van der Waals surface area contributed by atoms with Gasteiger partial charge in [-0.3, -0.25) is 9.59 Å². The Morgan fingerprint density at radius 2 is 2.05 bits per heavy atom. The molecule has 0 saturated carbocycles. The van der Waals surface area contributed by atoms with Gasteiger partial charge in [0.05, 0.1) is 5.69 Å². The van der Waals surface area contributed by atoms with Crippen LogP contribution >= 0.6 is 11.6 Å². The Kier molecular flexibility index (Phi) is 4.35. The molecule has 0 radical (unpaired) electrons. The highest BCUT2D eigenvalue weighted by molar-refractivity contribution is 6.63. The van der Waals surface area contributed by atoms with Crippen molar-refractivity contribution in [2.45, 2.75) is 26.7 Å². The highest BCUT2D eigenvalue weighted by atomic mass is 35.5. The fourth-order valence-electron chi connectivity index (χ4n) is 2.10.